The summed E-state index contributed by atoms with van der Waals surface area (Å²) >= 11 is 0. The summed E-state index contributed by atoms with van der Waals surface area (Å²) in [5, 5.41) is 7.91. The van der Waals surface area contributed by atoms with Gasteiger partial charge in [0.2, 0.25) is 0 Å². The van der Waals surface area contributed by atoms with Crippen LogP contribution in [0.5, 0.6) is 0 Å². The van der Waals surface area contributed by atoms with Crippen molar-refractivity contribution in [1.82, 2.24) is 10.2 Å². The number of aromatic nitrogens is 2. The van der Waals surface area contributed by atoms with Gasteiger partial charge in [-0.15, -0.1) is 0 Å². The van der Waals surface area contributed by atoms with Gasteiger partial charge in [-0.05, 0) is 31.4 Å². The molecule has 0 radical (unpaired) electrons. The van der Waals surface area contributed by atoms with E-state index < -0.39 is 0 Å². The van der Waals surface area contributed by atoms with E-state index in [0.717, 1.165) is 29.5 Å². The molecule has 0 atom stereocenters. The fraction of sp³-hybridized carbons (Fsp3) is 0.385. The molecule has 0 aliphatic carbocycles. The van der Waals surface area contributed by atoms with Gasteiger partial charge >= 0.3 is 0 Å². The van der Waals surface area contributed by atoms with E-state index in [-0.39, 0.29) is 5.56 Å². The van der Waals surface area contributed by atoms with Gasteiger partial charge in [-0.1, -0.05) is 6.07 Å². The second kappa shape index (κ2) is 4.20. The number of anilines is 1. The van der Waals surface area contributed by atoms with Gasteiger partial charge in [-0.2, -0.15) is 5.10 Å². The smallest absolute Gasteiger partial charge is 0.272 e. The van der Waals surface area contributed by atoms with E-state index in [2.05, 4.69) is 21.2 Å². The summed E-state index contributed by atoms with van der Waals surface area (Å²) in [6.07, 6.45) is 5.49. The molecule has 0 bridgehead atoms. The highest BCUT2D eigenvalue weighted by atomic mass is 16.1. The molecule has 1 saturated heterocycles. The van der Waals surface area contributed by atoms with Gasteiger partial charge in [0.25, 0.3) is 5.56 Å². The molecule has 1 aliphatic heterocycles. The normalized spacial score (nSPS) is 16.4. The quantitative estimate of drug-likeness (QED) is 0.812. The van der Waals surface area contributed by atoms with E-state index >= 15 is 0 Å². The largest absolute Gasteiger partial charge is 0.372 e. The molecule has 0 unspecified atom stereocenters. The molecule has 1 aromatic heterocycles. The highest BCUT2D eigenvalue weighted by Crippen LogP contribution is 2.22. The molecule has 0 amide bonds. The fourth-order valence-corrected chi connectivity index (χ4v) is 2.42. The number of rotatable bonds is 1. The van der Waals surface area contributed by atoms with Crippen molar-refractivity contribution in [3.8, 4) is 0 Å². The van der Waals surface area contributed by atoms with Crippen LogP contribution in [-0.4, -0.2) is 23.3 Å². The molecule has 17 heavy (non-hydrogen) atoms. The highest BCUT2D eigenvalue weighted by Gasteiger charge is 2.11. The first-order valence-corrected chi connectivity index (χ1v) is 6.07. The number of fused-ring (bicyclic) bond motifs is 1. The predicted molar refractivity (Wildman–Crippen MR) is 68.4 cm³/mol. The van der Waals surface area contributed by atoms with Gasteiger partial charge in [-0.3, -0.25) is 4.79 Å². The first kappa shape index (κ1) is 10.3. The average Bonchev–Trinajstić information content (AvgIpc) is 2.40. The molecule has 1 N–H and O–H groups in total. The van der Waals surface area contributed by atoms with Crippen LogP contribution in [0.2, 0.25) is 0 Å². The van der Waals surface area contributed by atoms with Gasteiger partial charge in [0.05, 0.1) is 11.6 Å². The van der Waals surface area contributed by atoms with Crippen molar-refractivity contribution in [3.05, 3.63) is 34.7 Å². The zero-order chi connectivity index (χ0) is 11.7. The summed E-state index contributed by atoms with van der Waals surface area (Å²) in [6.45, 7) is 2.18. The maximum atomic E-state index is 11.7. The Kier molecular flexibility index (Phi) is 2.55. The van der Waals surface area contributed by atoms with Crippen LogP contribution < -0.4 is 10.5 Å². The van der Waals surface area contributed by atoms with E-state index in [1.54, 1.807) is 6.20 Å². The Labute approximate surface area is 99.3 Å². The van der Waals surface area contributed by atoms with Gasteiger partial charge in [-0.25, -0.2) is 5.10 Å². The lowest BCUT2D eigenvalue weighted by molar-refractivity contribution is 0.578. The summed E-state index contributed by atoms with van der Waals surface area (Å²) in [6, 6.07) is 6.03. The van der Waals surface area contributed by atoms with Crippen molar-refractivity contribution in [1.29, 1.82) is 0 Å². The van der Waals surface area contributed by atoms with Crippen LogP contribution in [0.3, 0.4) is 0 Å². The highest BCUT2D eigenvalue weighted by molar-refractivity contribution is 5.84. The number of H-pyrrole nitrogens is 1. The Morgan fingerprint density at radius 2 is 2.00 bits per heavy atom. The predicted octanol–water partition coefficient (Wildman–Crippen LogP) is 1.91. The van der Waals surface area contributed by atoms with Crippen LogP contribution in [0, 0.1) is 0 Å². The lowest BCUT2D eigenvalue weighted by Gasteiger charge is -2.28. The second-order valence-electron chi connectivity index (χ2n) is 4.52. The summed E-state index contributed by atoms with van der Waals surface area (Å²) < 4.78 is 0. The molecule has 4 nitrogen and oxygen atoms in total. The minimum atomic E-state index is -0.110. The van der Waals surface area contributed by atoms with Crippen molar-refractivity contribution in [2.24, 2.45) is 0 Å². The maximum absolute atomic E-state index is 11.7. The van der Waals surface area contributed by atoms with Crippen LogP contribution in [0.15, 0.2) is 29.2 Å². The number of benzene rings is 1. The Bertz CT molecular complexity index is 584. The van der Waals surface area contributed by atoms with Gasteiger partial charge < -0.3 is 4.90 Å². The molecule has 2 heterocycles. The van der Waals surface area contributed by atoms with E-state index in [0.29, 0.717) is 0 Å². The third-order valence-corrected chi connectivity index (χ3v) is 3.37. The molecule has 0 spiro atoms. The van der Waals surface area contributed by atoms with Crippen LogP contribution in [0.25, 0.3) is 10.8 Å². The molecular formula is C13H15N3O. The van der Waals surface area contributed by atoms with Gasteiger partial charge in [0.1, 0.15) is 0 Å². The van der Waals surface area contributed by atoms with E-state index in [1.807, 2.05) is 12.1 Å². The summed E-state index contributed by atoms with van der Waals surface area (Å²) in [5.74, 6) is 0. The fourth-order valence-electron chi connectivity index (χ4n) is 2.42. The summed E-state index contributed by atoms with van der Waals surface area (Å²) in [7, 11) is 0. The third kappa shape index (κ3) is 1.90. The topological polar surface area (TPSA) is 49.0 Å². The standard InChI is InChI=1S/C13H15N3O/c17-13-12-8-11(16-6-2-1-3-7-16)5-4-10(12)9-14-15-13/h4-5,8-9H,1-3,6-7H2,(H,15,17). The molecule has 88 valence electrons. The minimum Gasteiger partial charge on any atom is -0.372 e. The zero-order valence-electron chi connectivity index (χ0n) is 9.65. The van der Waals surface area contributed by atoms with E-state index in [9.17, 15) is 4.79 Å². The summed E-state index contributed by atoms with van der Waals surface area (Å²) in [4.78, 5) is 14.0. The second-order valence-corrected chi connectivity index (χ2v) is 4.52. The number of nitrogens with one attached hydrogen (secondary N) is 1. The molecule has 1 aromatic carbocycles. The lowest BCUT2D eigenvalue weighted by atomic mass is 10.1. The molecule has 1 fully saturated rings. The van der Waals surface area contributed by atoms with Crippen LogP contribution in [0.1, 0.15) is 19.3 Å². The number of aromatic amines is 1. The number of hydrogen-bond donors (Lipinski definition) is 1. The molecule has 3 rings (SSSR count). The lowest BCUT2D eigenvalue weighted by Crippen LogP contribution is -2.29. The Hall–Kier alpha value is -1.84. The zero-order valence-corrected chi connectivity index (χ0v) is 9.65. The first-order valence-electron chi connectivity index (χ1n) is 6.07. The third-order valence-electron chi connectivity index (χ3n) is 3.37. The molecule has 1 aliphatic rings. The Balaban J connectivity index is 2.06. The molecule has 4 heteroatoms. The molecule has 2 aromatic rings. The Morgan fingerprint density at radius 3 is 2.82 bits per heavy atom. The SMILES string of the molecule is O=c1[nH]ncc2ccc(N3CCCCC3)cc12. The van der Waals surface area contributed by atoms with Gasteiger partial charge in [0, 0.05) is 24.2 Å². The summed E-state index contributed by atoms with van der Waals surface area (Å²) in [5.41, 5.74) is 1.04. The molecule has 0 saturated carbocycles. The van der Waals surface area contributed by atoms with Crippen molar-refractivity contribution in [2.75, 3.05) is 18.0 Å². The van der Waals surface area contributed by atoms with E-state index in [1.165, 1.54) is 19.3 Å². The monoisotopic (exact) mass is 229 g/mol. The Morgan fingerprint density at radius 1 is 1.18 bits per heavy atom. The van der Waals surface area contributed by atoms with Crippen molar-refractivity contribution in [3.63, 3.8) is 0 Å². The van der Waals surface area contributed by atoms with Gasteiger partial charge in [0.15, 0.2) is 0 Å². The first-order chi connectivity index (χ1) is 8.34. The van der Waals surface area contributed by atoms with Crippen molar-refractivity contribution >= 4 is 16.5 Å². The van der Waals surface area contributed by atoms with Crippen LogP contribution >= 0.6 is 0 Å². The number of nitrogens with zero attached hydrogens (tertiary/aromatic N) is 2. The van der Waals surface area contributed by atoms with Crippen molar-refractivity contribution < 1.29 is 0 Å². The van der Waals surface area contributed by atoms with Crippen molar-refractivity contribution in [2.45, 2.75) is 19.3 Å². The number of hydrogen-bond acceptors (Lipinski definition) is 3. The van der Waals surface area contributed by atoms with E-state index in [4.69, 9.17) is 0 Å². The van der Waals surface area contributed by atoms with Crippen LogP contribution in [-0.2, 0) is 0 Å². The molecular weight excluding hydrogens is 214 g/mol. The van der Waals surface area contributed by atoms with Crippen LogP contribution in [0.4, 0.5) is 5.69 Å². The maximum Gasteiger partial charge on any atom is 0.272 e. The minimum absolute atomic E-state index is 0.110. The average molecular weight is 229 g/mol. The number of piperidine rings is 1.